The predicted octanol–water partition coefficient (Wildman–Crippen LogP) is 1.09. The molecule has 0 atom stereocenters. The minimum atomic E-state index is -1.24. The number of carboxylic acids is 2. The number of carbonyl (C=O) groups is 3. The van der Waals surface area contributed by atoms with E-state index in [2.05, 4.69) is 0 Å². The largest absolute Gasteiger partial charge is 0.478 e. The molecule has 0 aliphatic heterocycles. The van der Waals surface area contributed by atoms with Crippen molar-refractivity contribution in [2.75, 3.05) is 0 Å². The lowest BCUT2D eigenvalue weighted by atomic mass is 10.3. The lowest BCUT2D eigenvalue weighted by molar-refractivity contribution is -0.135. The Morgan fingerprint density at radius 1 is 1.14 bits per heavy atom. The summed E-state index contributed by atoms with van der Waals surface area (Å²) < 4.78 is 0. The van der Waals surface area contributed by atoms with E-state index in [1.807, 2.05) is 6.92 Å². The molecule has 2 N–H and O–H groups in total. The Kier molecular flexibility index (Phi) is 8.46. The van der Waals surface area contributed by atoms with E-state index in [9.17, 15) is 14.4 Å². The zero-order valence-corrected chi connectivity index (χ0v) is 8.40. The van der Waals surface area contributed by atoms with Gasteiger partial charge in [-0.1, -0.05) is 6.92 Å². The summed E-state index contributed by atoms with van der Waals surface area (Å²) in [6.07, 6.45) is 1.31. The molecule has 0 fully saturated rings. The predicted molar refractivity (Wildman–Crippen MR) is 50.0 cm³/mol. The first-order valence-corrected chi connectivity index (χ1v) is 3.95. The highest BCUT2D eigenvalue weighted by Crippen LogP contribution is 1.89. The van der Waals surface area contributed by atoms with Crippen molar-refractivity contribution in [1.29, 1.82) is 0 Å². The minimum Gasteiger partial charge on any atom is -0.478 e. The van der Waals surface area contributed by atoms with Crippen LogP contribution >= 0.6 is 0 Å². The van der Waals surface area contributed by atoms with Crippen LogP contribution in [-0.2, 0) is 14.4 Å². The van der Waals surface area contributed by atoms with Crippen LogP contribution in [0.25, 0.3) is 0 Å². The van der Waals surface area contributed by atoms with Gasteiger partial charge in [0, 0.05) is 18.1 Å². The van der Waals surface area contributed by atoms with E-state index < -0.39 is 11.9 Å². The van der Waals surface area contributed by atoms with Crippen LogP contribution in [0, 0.1) is 0 Å². The van der Waals surface area contributed by atoms with Crippen LogP contribution in [0.1, 0.15) is 27.2 Å². The lowest BCUT2D eigenvalue weighted by Gasteiger charge is -1.86. The van der Waals surface area contributed by atoms with Gasteiger partial charge in [0.2, 0.25) is 0 Å². The van der Waals surface area contributed by atoms with Gasteiger partial charge in [0.05, 0.1) is 0 Å². The topological polar surface area (TPSA) is 91.7 Å². The molecule has 0 bridgehead atoms. The average molecular weight is 202 g/mol. The molecule has 5 nitrogen and oxygen atoms in total. The summed E-state index contributed by atoms with van der Waals surface area (Å²) in [6, 6.07) is 0. The smallest absolute Gasteiger partial charge is 0.331 e. The van der Waals surface area contributed by atoms with E-state index in [1.165, 1.54) is 6.92 Å². The van der Waals surface area contributed by atoms with Crippen molar-refractivity contribution < 1.29 is 24.6 Å². The fourth-order valence-corrected chi connectivity index (χ4v) is 0.247. The third-order valence-electron chi connectivity index (χ3n) is 1.18. The molecule has 0 aliphatic carbocycles. The number of ketones is 1. The van der Waals surface area contributed by atoms with Crippen molar-refractivity contribution in [1.82, 2.24) is 0 Å². The van der Waals surface area contributed by atoms with Crippen LogP contribution in [0.2, 0.25) is 0 Å². The fraction of sp³-hybridized carbons (Fsp3) is 0.444. The summed E-state index contributed by atoms with van der Waals surface area (Å²) in [5.41, 5.74) is -0.178. The molecule has 0 aromatic carbocycles. The van der Waals surface area contributed by atoms with Crippen molar-refractivity contribution in [3.05, 3.63) is 11.6 Å². The molecule has 0 saturated carbocycles. The van der Waals surface area contributed by atoms with E-state index >= 15 is 0 Å². The van der Waals surface area contributed by atoms with Crippen molar-refractivity contribution in [3.8, 4) is 0 Å². The van der Waals surface area contributed by atoms with Gasteiger partial charge in [-0.05, 0) is 13.8 Å². The summed E-state index contributed by atoms with van der Waals surface area (Å²) in [6.45, 7) is 4.65. The second kappa shape index (κ2) is 7.97. The Morgan fingerprint density at radius 3 is 1.57 bits per heavy atom. The molecule has 0 aromatic heterocycles. The third kappa shape index (κ3) is 13.0. The van der Waals surface area contributed by atoms with Gasteiger partial charge in [-0.15, -0.1) is 0 Å². The SMILES string of the molecule is C/C(=C/C(=O)O)C(=O)O.CCC(C)=O. The van der Waals surface area contributed by atoms with Crippen LogP contribution in [0.5, 0.6) is 0 Å². The van der Waals surface area contributed by atoms with E-state index in [4.69, 9.17) is 10.2 Å². The van der Waals surface area contributed by atoms with E-state index in [-0.39, 0.29) is 11.4 Å². The van der Waals surface area contributed by atoms with Crippen molar-refractivity contribution in [2.24, 2.45) is 0 Å². The van der Waals surface area contributed by atoms with Gasteiger partial charge < -0.3 is 15.0 Å². The van der Waals surface area contributed by atoms with Gasteiger partial charge in [0.15, 0.2) is 0 Å². The van der Waals surface area contributed by atoms with Crippen molar-refractivity contribution >= 4 is 17.7 Å². The lowest BCUT2D eigenvalue weighted by Crippen LogP contribution is -1.99. The molecule has 0 rings (SSSR count). The second-order valence-corrected chi connectivity index (χ2v) is 2.53. The van der Waals surface area contributed by atoms with Crippen LogP contribution in [0.4, 0.5) is 0 Å². The number of hydrogen-bond donors (Lipinski definition) is 2. The molecule has 0 radical (unpaired) electrons. The molecule has 0 unspecified atom stereocenters. The maximum absolute atomic E-state index is 9.90. The quantitative estimate of drug-likeness (QED) is 0.668. The first-order chi connectivity index (χ1) is 6.31. The van der Waals surface area contributed by atoms with E-state index in [0.29, 0.717) is 12.5 Å². The molecule has 0 aromatic rings. The van der Waals surface area contributed by atoms with Gasteiger partial charge in [0.1, 0.15) is 5.78 Å². The summed E-state index contributed by atoms with van der Waals surface area (Å²) in [7, 11) is 0. The standard InChI is InChI=1S/C5H6O4.C4H8O/c1-3(5(8)9)2-4(6)7;1-3-4(2)5/h2H,1H3,(H,6,7)(H,8,9);3H2,1-2H3/b3-2-;. The zero-order chi connectivity index (χ0) is 11.7. The summed E-state index contributed by atoms with van der Waals surface area (Å²) in [5.74, 6) is -2.20. The van der Waals surface area contributed by atoms with Crippen LogP contribution in [0.15, 0.2) is 11.6 Å². The Labute approximate surface area is 82.0 Å². The minimum absolute atomic E-state index is 0.178. The van der Waals surface area contributed by atoms with Crippen LogP contribution in [-0.4, -0.2) is 27.9 Å². The summed E-state index contributed by atoms with van der Waals surface area (Å²) in [4.78, 5) is 29.5. The zero-order valence-electron chi connectivity index (χ0n) is 8.40. The molecule has 0 aliphatic rings. The molecule has 80 valence electrons. The molecule has 0 spiro atoms. The summed E-state index contributed by atoms with van der Waals surface area (Å²) in [5, 5.41) is 16.1. The highest BCUT2D eigenvalue weighted by molar-refractivity contribution is 5.93. The number of hydrogen-bond acceptors (Lipinski definition) is 3. The Morgan fingerprint density at radius 2 is 1.50 bits per heavy atom. The molecule has 0 heterocycles. The van der Waals surface area contributed by atoms with Gasteiger partial charge in [-0.25, -0.2) is 9.59 Å². The fourth-order valence-electron chi connectivity index (χ4n) is 0.247. The Bertz CT molecular complexity index is 252. The highest BCUT2D eigenvalue weighted by Gasteiger charge is 2.00. The van der Waals surface area contributed by atoms with Gasteiger partial charge in [0.25, 0.3) is 0 Å². The van der Waals surface area contributed by atoms with Crippen molar-refractivity contribution in [2.45, 2.75) is 27.2 Å². The van der Waals surface area contributed by atoms with Crippen LogP contribution in [0.3, 0.4) is 0 Å². The highest BCUT2D eigenvalue weighted by atomic mass is 16.4. The monoisotopic (exact) mass is 202 g/mol. The Hall–Kier alpha value is -1.65. The number of Topliss-reactive ketones (excluding diaryl/α,β-unsaturated/α-hetero) is 1. The van der Waals surface area contributed by atoms with Gasteiger partial charge in [-0.3, -0.25) is 0 Å². The average Bonchev–Trinajstić information content (AvgIpc) is 2.04. The van der Waals surface area contributed by atoms with E-state index in [1.54, 1.807) is 6.92 Å². The third-order valence-corrected chi connectivity index (χ3v) is 1.18. The maximum Gasteiger partial charge on any atom is 0.331 e. The van der Waals surface area contributed by atoms with Crippen LogP contribution < -0.4 is 0 Å². The molecular formula is C9H14O5. The maximum atomic E-state index is 9.90. The van der Waals surface area contributed by atoms with Crippen molar-refractivity contribution in [3.63, 3.8) is 0 Å². The number of rotatable bonds is 3. The van der Waals surface area contributed by atoms with Gasteiger partial charge >= 0.3 is 11.9 Å². The first-order valence-electron chi connectivity index (χ1n) is 3.95. The Balaban J connectivity index is 0. The number of aliphatic carboxylic acids is 2. The van der Waals surface area contributed by atoms with Gasteiger partial charge in [-0.2, -0.15) is 0 Å². The van der Waals surface area contributed by atoms with E-state index in [0.717, 1.165) is 0 Å². The second-order valence-electron chi connectivity index (χ2n) is 2.53. The number of carboxylic acid groups (broad SMARTS) is 2. The normalized spacial score (nSPS) is 9.79. The molecule has 0 amide bonds. The molecule has 0 saturated heterocycles. The molecular weight excluding hydrogens is 188 g/mol. The molecule has 14 heavy (non-hydrogen) atoms. The molecule has 5 heteroatoms. The number of carbonyl (C=O) groups excluding carboxylic acids is 1. The first kappa shape index (κ1) is 14.9. The summed E-state index contributed by atoms with van der Waals surface area (Å²) >= 11 is 0.